The predicted octanol–water partition coefficient (Wildman–Crippen LogP) is 2.90. The molecular weight excluding hydrogens is 226 g/mol. The van der Waals surface area contributed by atoms with Gasteiger partial charge in [0.1, 0.15) is 0 Å². The number of benzene rings is 1. The summed E-state index contributed by atoms with van der Waals surface area (Å²) in [6, 6.07) is 8.16. The number of rotatable bonds is 3. The molecule has 92 valence electrons. The molecule has 0 amide bonds. The summed E-state index contributed by atoms with van der Waals surface area (Å²) in [4.78, 5) is 15.9. The molecule has 0 N–H and O–H groups in total. The molecule has 2 atom stereocenters. The van der Waals surface area contributed by atoms with Gasteiger partial charge in [-0.2, -0.15) is 0 Å². The number of esters is 1. The predicted molar refractivity (Wildman–Crippen MR) is 69.2 cm³/mol. The summed E-state index contributed by atoms with van der Waals surface area (Å²) in [7, 11) is 0. The van der Waals surface area contributed by atoms with Crippen LogP contribution in [-0.4, -0.2) is 17.6 Å². The molecular formula is C15H15NO2. The Bertz CT molecular complexity index is 589. The molecule has 0 spiro atoms. The average Bonchev–Trinajstić information content (AvgIpc) is 3.18. The van der Waals surface area contributed by atoms with Gasteiger partial charge in [-0.15, -0.1) is 0 Å². The van der Waals surface area contributed by atoms with Gasteiger partial charge in [-0.25, -0.2) is 0 Å². The van der Waals surface area contributed by atoms with Crippen molar-refractivity contribution in [2.45, 2.75) is 19.3 Å². The second kappa shape index (κ2) is 4.41. The third-order valence-corrected chi connectivity index (χ3v) is 3.48. The minimum absolute atomic E-state index is 0.0255. The maximum absolute atomic E-state index is 11.7. The molecule has 0 bridgehead atoms. The third kappa shape index (κ3) is 1.86. The molecule has 3 heteroatoms. The lowest BCUT2D eigenvalue weighted by Crippen LogP contribution is -2.07. The molecule has 1 aromatic carbocycles. The SMILES string of the molecule is CCOC(=O)[C@H]1C[C@@H]1c1cncc2ccccc12. The van der Waals surface area contributed by atoms with Gasteiger partial charge in [0.2, 0.25) is 0 Å². The van der Waals surface area contributed by atoms with Crippen LogP contribution in [0.1, 0.15) is 24.8 Å². The zero-order valence-corrected chi connectivity index (χ0v) is 10.3. The number of carbonyl (C=O) groups excluding carboxylic acids is 1. The van der Waals surface area contributed by atoms with Crippen LogP contribution in [0.4, 0.5) is 0 Å². The summed E-state index contributed by atoms with van der Waals surface area (Å²) in [6.45, 7) is 2.30. The van der Waals surface area contributed by atoms with E-state index < -0.39 is 0 Å². The van der Waals surface area contributed by atoms with Gasteiger partial charge in [-0.05, 0) is 24.3 Å². The first-order valence-corrected chi connectivity index (χ1v) is 6.30. The number of pyridine rings is 1. The highest BCUT2D eigenvalue weighted by Gasteiger charge is 2.45. The molecule has 1 fully saturated rings. The average molecular weight is 241 g/mol. The molecule has 1 aliphatic rings. The second-order valence-corrected chi connectivity index (χ2v) is 4.65. The van der Waals surface area contributed by atoms with Gasteiger partial charge in [0.05, 0.1) is 12.5 Å². The van der Waals surface area contributed by atoms with Crippen LogP contribution in [0.25, 0.3) is 10.8 Å². The van der Waals surface area contributed by atoms with E-state index in [0.717, 1.165) is 11.8 Å². The number of carbonyl (C=O) groups is 1. The number of nitrogens with zero attached hydrogens (tertiary/aromatic N) is 1. The summed E-state index contributed by atoms with van der Waals surface area (Å²) >= 11 is 0. The normalized spacial score (nSPS) is 21.8. The van der Waals surface area contributed by atoms with Gasteiger partial charge in [0, 0.05) is 23.7 Å². The van der Waals surface area contributed by atoms with Crippen molar-refractivity contribution in [3.8, 4) is 0 Å². The van der Waals surface area contributed by atoms with Crippen LogP contribution in [0.2, 0.25) is 0 Å². The van der Waals surface area contributed by atoms with Crippen LogP contribution in [0.3, 0.4) is 0 Å². The van der Waals surface area contributed by atoms with Gasteiger partial charge >= 0.3 is 5.97 Å². The highest BCUT2D eigenvalue weighted by atomic mass is 16.5. The van der Waals surface area contributed by atoms with Crippen molar-refractivity contribution < 1.29 is 9.53 Å². The molecule has 18 heavy (non-hydrogen) atoms. The minimum atomic E-state index is -0.0737. The van der Waals surface area contributed by atoms with E-state index in [0.29, 0.717) is 6.61 Å². The Balaban J connectivity index is 1.91. The van der Waals surface area contributed by atoms with E-state index >= 15 is 0 Å². The zero-order chi connectivity index (χ0) is 12.5. The van der Waals surface area contributed by atoms with Crippen molar-refractivity contribution in [1.82, 2.24) is 4.98 Å². The van der Waals surface area contributed by atoms with Gasteiger partial charge in [0.25, 0.3) is 0 Å². The van der Waals surface area contributed by atoms with Crippen molar-refractivity contribution in [1.29, 1.82) is 0 Å². The van der Waals surface area contributed by atoms with Crippen molar-refractivity contribution in [2.24, 2.45) is 5.92 Å². The molecule has 0 aliphatic heterocycles. The molecule has 0 radical (unpaired) electrons. The molecule has 3 rings (SSSR count). The molecule has 0 unspecified atom stereocenters. The largest absolute Gasteiger partial charge is 0.466 e. The first kappa shape index (κ1) is 11.2. The van der Waals surface area contributed by atoms with E-state index in [4.69, 9.17) is 4.74 Å². The number of hydrogen-bond donors (Lipinski definition) is 0. The Labute approximate surface area is 106 Å². The van der Waals surface area contributed by atoms with Crippen molar-refractivity contribution in [3.05, 3.63) is 42.2 Å². The Morgan fingerprint density at radius 1 is 1.39 bits per heavy atom. The Kier molecular flexibility index (Phi) is 2.74. The summed E-state index contributed by atoms with van der Waals surface area (Å²) in [6.07, 6.45) is 4.63. The van der Waals surface area contributed by atoms with Crippen LogP contribution >= 0.6 is 0 Å². The number of ether oxygens (including phenoxy) is 1. The van der Waals surface area contributed by atoms with E-state index in [9.17, 15) is 4.79 Å². The molecule has 0 saturated heterocycles. The lowest BCUT2D eigenvalue weighted by molar-refractivity contribution is -0.144. The highest BCUT2D eigenvalue weighted by Crippen LogP contribution is 2.49. The maximum atomic E-state index is 11.7. The summed E-state index contributed by atoms with van der Waals surface area (Å²) < 4.78 is 5.07. The Morgan fingerprint density at radius 3 is 3.06 bits per heavy atom. The van der Waals surface area contributed by atoms with Gasteiger partial charge in [0.15, 0.2) is 0 Å². The fraction of sp³-hybridized carbons (Fsp3) is 0.333. The van der Waals surface area contributed by atoms with Crippen molar-refractivity contribution in [2.75, 3.05) is 6.61 Å². The molecule has 2 aromatic rings. The lowest BCUT2D eigenvalue weighted by atomic mass is 10.0. The summed E-state index contributed by atoms with van der Waals surface area (Å²) in [5, 5.41) is 2.33. The van der Waals surface area contributed by atoms with Crippen LogP contribution < -0.4 is 0 Å². The molecule has 1 saturated carbocycles. The van der Waals surface area contributed by atoms with Crippen LogP contribution in [0, 0.1) is 5.92 Å². The number of fused-ring (bicyclic) bond motifs is 1. The second-order valence-electron chi connectivity index (χ2n) is 4.65. The van der Waals surface area contributed by atoms with E-state index in [2.05, 4.69) is 11.1 Å². The molecule has 1 aliphatic carbocycles. The smallest absolute Gasteiger partial charge is 0.309 e. The Morgan fingerprint density at radius 2 is 2.22 bits per heavy atom. The number of aromatic nitrogens is 1. The van der Waals surface area contributed by atoms with Crippen LogP contribution in [0.5, 0.6) is 0 Å². The minimum Gasteiger partial charge on any atom is -0.466 e. The van der Waals surface area contributed by atoms with Gasteiger partial charge in [-0.1, -0.05) is 24.3 Å². The number of hydrogen-bond acceptors (Lipinski definition) is 3. The highest BCUT2D eigenvalue weighted by molar-refractivity contribution is 5.87. The molecule has 1 heterocycles. The fourth-order valence-electron chi connectivity index (χ4n) is 2.48. The summed E-state index contributed by atoms with van der Waals surface area (Å²) in [5.74, 6) is 0.232. The van der Waals surface area contributed by atoms with Crippen molar-refractivity contribution >= 4 is 16.7 Å². The fourth-order valence-corrected chi connectivity index (χ4v) is 2.48. The third-order valence-electron chi connectivity index (χ3n) is 3.48. The van der Waals surface area contributed by atoms with Crippen molar-refractivity contribution in [3.63, 3.8) is 0 Å². The standard InChI is InChI=1S/C15H15NO2/c1-2-18-15(17)13-7-12(13)14-9-16-8-10-5-3-4-6-11(10)14/h3-6,8-9,12-13H,2,7H2,1H3/t12-,13-/m0/s1. The maximum Gasteiger partial charge on any atom is 0.309 e. The summed E-state index contributed by atoms with van der Waals surface area (Å²) in [5.41, 5.74) is 1.17. The monoisotopic (exact) mass is 241 g/mol. The first-order chi connectivity index (χ1) is 8.81. The van der Waals surface area contributed by atoms with E-state index in [1.807, 2.05) is 37.5 Å². The Hall–Kier alpha value is -1.90. The zero-order valence-electron chi connectivity index (χ0n) is 10.3. The van der Waals surface area contributed by atoms with E-state index in [1.165, 1.54) is 10.9 Å². The van der Waals surface area contributed by atoms with Gasteiger partial charge in [-0.3, -0.25) is 9.78 Å². The lowest BCUT2D eigenvalue weighted by Gasteiger charge is -2.05. The quantitative estimate of drug-likeness (QED) is 0.776. The first-order valence-electron chi connectivity index (χ1n) is 6.30. The van der Waals surface area contributed by atoms with E-state index in [1.54, 1.807) is 0 Å². The van der Waals surface area contributed by atoms with Crippen LogP contribution in [-0.2, 0) is 9.53 Å². The molecule has 3 nitrogen and oxygen atoms in total. The molecule has 1 aromatic heterocycles. The topological polar surface area (TPSA) is 39.2 Å². The van der Waals surface area contributed by atoms with E-state index in [-0.39, 0.29) is 17.8 Å². The van der Waals surface area contributed by atoms with Crippen LogP contribution in [0.15, 0.2) is 36.7 Å². The van der Waals surface area contributed by atoms with Gasteiger partial charge < -0.3 is 4.74 Å².